The third-order valence-electron chi connectivity index (χ3n) is 7.95. The number of carbonyl (C=O) groups is 1. The van der Waals surface area contributed by atoms with Crippen LogP contribution in [0.3, 0.4) is 0 Å². The lowest BCUT2D eigenvalue weighted by atomic mass is 9.71. The van der Waals surface area contributed by atoms with Gasteiger partial charge in [-0.05, 0) is 68.0 Å². The molecule has 0 bridgehead atoms. The zero-order valence-electron chi connectivity index (χ0n) is 18.5. The van der Waals surface area contributed by atoms with Gasteiger partial charge in [-0.3, -0.25) is 4.79 Å². The number of methoxy groups -OCH3 is 1. The Hall–Kier alpha value is -2.11. The van der Waals surface area contributed by atoms with Gasteiger partial charge in [-0.1, -0.05) is 43.5 Å². The van der Waals surface area contributed by atoms with Crippen LogP contribution in [-0.4, -0.2) is 43.7 Å². The SMILES string of the molecule is CO[C@H]1[C@H](NC(=O)c2ccco2)c2ccccc2C12CCN(CC1CCCCC1)CC2. The quantitative estimate of drug-likeness (QED) is 0.759. The van der Waals surface area contributed by atoms with Crippen molar-refractivity contribution >= 4 is 5.91 Å². The van der Waals surface area contributed by atoms with Gasteiger partial charge in [0.1, 0.15) is 0 Å². The van der Waals surface area contributed by atoms with Crippen molar-refractivity contribution in [2.75, 3.05) is 26.7 Å². The Kier molecular flexibility index (Phi) is 5.89. The number of ether oxygens (including phenoxy) is 1. The Balaban J connectivity index is 1.35. The van der Waals surface area contributed by atoms with Crippen LogP contribution in [0.25, 0.3) is 0 Å². The highest BCUT2D eigenvalue weighted by molar-refractivity contribution is 5.91. The number of nitrogens with zero attached hydrogens (tertiary/aromatic N) is 1. The molecule has 2 atom stereocenters. The second kappa shape index (κ2) is 8.79. The summed E-state index contributed by atoms with van der Waals surface area (Å²) >= 11 is 0. The summed E-state index contributed by atoms with van der Waals surface area (Å²) in [5.41, 5.74) is 2.49. The van der Waals surface area contributed by atoms with Gasteiger partial charge in [-0.25, -0.2) is 0 Å². The number of furan rings is 1. The number of piperidine rings is 1. The molecule has 2 fully saturated rings. The highest BCUT2D eigenvalue weighted by Gasteiger charge is 2.54. The summed E-state index contributed by atoms with van der Waals surface area (Å²) in [5, 5.41) is 3.22. The molecule has 5 heteroatoms. The fraction of sp³-hybridized carbons (Fsp3) is 0.577. The molecule has 1 saturated heterocycles. The summed E-state index contributed by atoms with van der Waals surface area (Å²) in [6.45, 7) is 3.45. The monoisotopic (exact) mass is 422 g/mol. The summed E-state index contributed by atoms with van der Waals surface area (Å²) < 4.78 is 11.5. The normalized spacial score (nSPS) is 26.1. The fourth-order valence-corrected chi connectivity index (χ4v) is 6.42. The highest BCUT2D eigenvalue weighted by atomic mass is 16.5. The van der Waals surface area contributed by atoms with Crippen molar-refractivity contribution in [1.29, 1.82) is 0 Å². The van der Waals surface area contributed by atoms with Crippen LogP contribution in [-0.2, 0) is 10.2 Å². The molecule has 31 heavy (non-hydrogen) atoms. The number of likely N-dealkylation sites (tertiary alicyclic amines) is 1. The van der Waals surface area contributed by atoms with E-state index in [2.05, 4.69) is 34.5 Å². The molecule has 0 unspecified atom stereocenters. The third kappa shape index (κ3) is 3.83. The number of hydrogen-bond acceptors (Lipinski definition) is 4. The van der Waals surface area contributed by atoms with E-state index in [1.165, 1.54) is 56.0 Å². The first-order valence-electron chi connectivity index (χ1n) is 11.9. The second-order valence-electron chi connectivity index (χ2n) is 9.63. The molecule has 2 aliphatic carbocycles. The summed E-state index contributed by atoms with van der Waals surface area (Å²) in [6, 6.07) is 11.9. The molecule has 1 aliphatic heterocycles. The first-order valence-corrected chi connectivity index (χ1v) is 11.9. The van der Waals surface area contributed by atoms with Crippen molar-refractivity contribution < 1.29 is 13.9 Å². The summed E-state index contributed by atoms with van der Waals surface area (Å²) in [6.07, 6.45) is 10.6. The molecule has 2 aromatic rings. The lowest BCUT2D eigenvalue weighted by Gasteiger charge is -2.45. The van der Waals surface area contributed by atoms with Gasteiger partial charge in [0.25, 0.3) is 5.91 Å². The number of rotatable bonds is 5. The van der Waals surface area contributed by atoms with Crippen molar-refractivity contribution in [3.8, 4) is 0 Å². The van der Waals surface area contributed by atoms with Crippen LogP contribution in [0.1, 0.15) is 72.7 Å². The minimum Gasteiger partial charge on any atom is -0.459 e. The number of benzene rings is 1. The van der Waals surface area contributed by atoms with Crippen molar-refractivity contribution in [2.24, 2.45) is 5.92 Å². The van der Waals surface area contributed by atoms with E-state index in [-0.39, 0.29) is 23.5 Å². The minimum atomic E-state index is -0.182. The summed E-state index contributed by atoms with van der Waals surface area (Å²) in [7, 11) is 1.79. The van der Waals surface area contributed by atoms with Crippen LogP contribution in [0.5, 0.6) is 0 Å². The molecule has 1 aromatic carbocycles. The van der Waals surface area contributed by atoms with Gasteiger partial charge in [0.05, 0.1) is 18.4 Å². The number of amides is 1. The van der Waals surface area contributed by atoms with E-state index in [9.17, 15) is 4.79 Å². The van der Waals surface area contributed by atoms with Crippen molar-refractivity contribution in [1.82, 2.24) is 10.2 Å². The maximum absolute atomic E-state index is 12.8. The van der Waals surface area contributed by atoms with Crippen molar-refractivity contribution in [3.63, 3.8) is 0 Å². The van der Waals surface area contributed by atoms with E-state index < -0.39 is 0 Å². The fourth-order valence-electron chi connectivity index (χ4n) is 6.42. The molecule has 1 saturated carbocycles. The van der Waals surface area contributed by atoms with Gasteiger partial charge in [0, 0.05) is 19.1 Å². The maximum Gasteiger partial charge on any atom is 0.287 e. The summed E-state index contributed by atoms with van der Waals surface area (Å²) in [5.74, 6) is 1.03. The van der Waals surface area contributed by atoms with Crippen molar-refractivity contribution in [2.45, 2.75) is 62.5 Å². The van der Waals surface area contributed by atoms with E-state index in [0.717, 1.165) is 31.8 Å². The molecule has 5 nitrogen and oxygen atoms in total. The Morgan fingerprint density at radius 1 is 1.13 bits per heavy atom. The number of carbonyl (C=O) groups excluding carboxylic acids is 1. The van der Waals surface area contributed by atoms with Crippen LogP contribution in [0, 0.1) is 5.92 Å². The standard InChI is InChI=1S/C26H34N2O3/c1-30-24-23(27-25(29)22-12-7-17-31-22)20-10-5-6-11-21(20)26(24)13-15-28(16-14-26)18-19-8-3-2-4-9-19/h5-7,10-12,17,19,23-24H,2-4,8-9,13-16,18H2,1H3,(H,27,29)/t23-,24+/m1/s1. The Morgan fingerprint density at radius 2 is 1.90 bits per heavy atom. The molecule has 166 valence electrons. The van der Waals surface area contributed by atoms with Crippen LogP contribution < -0.4 is 5.32 Å². The maximum atomic E-state index is 12.8. The molecule has 0 radical (unpaired) electrons. The molecule has 1 amide bonds. The van der Waals surface area contributed by atoms with E-state index >= 15 is 0 Å². The minimum absolute atomic E-state index is 0.0461. The van der Waals surface area contributed by atoms with E-state index in [4.69, 9.17) is 9.15 Å². The van der Waals surface area contributed by atoms with Gasteiger partial charge >= 0.3 is 0 Å². The van der Waals surface area contributed by atoms with Gasteiger partial charge in [0.15, 0.2) is 5.76 Å². The zero-order valence-corrected chi connectivity index (χ0v) is 18.5. The van der Waals surface area contributed by atoms with Gasteiger partial charge in [-0.15, -0.1) is 0 Å². The van der Waals surface area contributed by atoms with Crippen molar-refractivity contribution in [3.05, 3.63) is 59.5 Å². The molecule has 1 spiro atoms. The predicted octanol–water partition coefficient (Wildman–Crippen LogP) is 4.69. The van der Waals surface area contributed by atoms with Gasteiger partial charge in [0.2, 0.25) is 0 Å². The average Bonchev–Trinajstić information content (AvgIpc) is 3.43. The molecule has 1 N–H and O–H groups in total. The predicted molar refractivity (Wildman–Crippen MR) is 120 cm³/mol. The molecule has 3 aliphatic rings. The van der Waals surface area contributed by atoms with Gasteiger partial charge < -0.3 is 19.4 Å². The molecule has 1 aromatic heterocycles. The van der Waals surface area contributed by atoms with Gasteiger partial charge in [-0.2, -0.15) is 0 Å². The first-order chi connectivity index (χ1) is 15.2. The van der Waals surface area contributed by atoms with E-state index in [0.29, 0.717) is 5.76 Å². The van der Waals surface area contributed by atoms with Crippen LogP contribution in [0.2, 0.25) is 0 Å². The zero-order chi connectivity index (χ0) is 21.3. The van der Waals surface area contributed by atoms with E-state index in [1.807, 2.05) is 0 Å². The van der Waals surface area contributed by atoms with Crippen LogP contribution in [0.15, 0.2) is 47.1 Å². The summed E-state index contributed by atoms with van der Waals surface area (Å²) in [4.78, 5) is 15.5. The molecular weight excluding hydrogens is 388 g/mol. The number of hydrogen-bond donors (Lipinski definition) is 1. The molecule has 5 rings (SSSR count). The number of fused-ring (bicyclic) bond motifs is 2. The Bertz CT molecular complexity index is 880. The molecule has 2 heterocycles. The lowest BCUT2D eigenvalue weighted by molar-refractivity contribution is -0.0137. The second-order valence-corrected chi connectivity index (χ2v) is 9.63. The average molecular weight is 423 g/mol. The third-order valence-corrected chi connectivity index (χ3v) is 7.95. The first kappa shape index (κ1) is 20.8. The van der Waals surface area contributed by atoms with Crippen LogP contribution in [0.4, 0.5) is 0 Å². The Morgan fingerprint density at radius 3 is 2.61 bits per heavy atom. The van der Waals surface area contributed by atoms with E-state index in [1.54, 1.807) is 19.2 Å². The lowest BCUT2D eigenvalue weighted by Crippen LogP contribution is -2.51. The number of nitrogens with one attached hydrogen (secondary N) is 1. The smallest absolute Gasteiger partial charge is 0.287 e. The highest BCUT2D eigenvalue weighted by Crippen LogP contribution is 2.52. The molecular formula is C26H34N2O3. The van der Waals surface area contributed by atoms with Crippen LogP contribution >= 0.6 is 0 Å². The Labute approximate surface area is 185 Å². The largest absolute Gasteiger partial charge is 0.459 e. The topological polar surface area (TPSA) is 54.7 Å².